The van der Waals surface area contributed by atoms with Crippen LogP contribution in [0.4, 0.5) is 15.8 Å². The van der Waals surface area contributed by atoms with Crippen LogP contribution < -0.4 is 10.5 Å². The molecule has 2 rings (SSSR count). The zero-order chi connectivity index (χ0) is 14.9. The Morgan fingerprint density at radius 3 is 2.50 bits per heavy atom. The Morgan fingerprint density at radius 1 is 1.20 bits per heavy atom. The summed E-state index contributed by atoms with van der Waals surface area (Å²) in [7, 11) is -3.81. The number of hydrogen-bond donors (Lipinski definition) is 2. The van der Waals surface area contributed by atoms with Crippen LogP contribution in [0.1, 0.15) is 5.56 Å². The van der Waals surface area contributed by atoms with Crippen LogP contribution in [0, 0.1) is 12.7 Å². The van der Waals surface area contributed by atoms with Crippen molar-refractivity contribution in [2.45, 2.75) is 11.8 Å². The molecule has 0 unspecified atom stereocenters. The third kappa shape index (κ3) is 3.10. The molecule has 0 bridgehead atoms. The fourth-order valence-electron chi connectivity index (χ4n) is 1.61. The van der Waals surface area contributed by atoms with E-state index in [-0.39, 0.29) is 9.37 Å². The Morgan fingerprint density at radius 2 is 1.90 bits per heavy atom. The number of aryl methyl sites for hydroxylation is 1. The van der Waals surface area contributed by atoms with E-state index in [0.29, 0.717) is 11.4 Å². The second kappa shape index (κ2) is 5.41. The first-order chi connectivity index (χ1) is 9.29. The zero-order valence-corrected chi connectivity index (χ0v) is 12.9. The summed E-state index contributed by atoms with van der Waals surface area (Å²) in [5, 5.41) is 0. The van der Waals surface area contributed by atoms with Crippen molar-refractivity contribution in [2.75, 3.05) is 10.5 Å². The molecule has 2 aromatic carbocycles. The number of nitrogens with two attached hydrogens (primary N) is 1. The maximum Gasteiger partial charge on any atom is 0.263 e. The van der Waals surface area contributed by atoms with Crippen LogP contribution in [0.5, 0.6) is 0 Å². The standard InChI is InChI=1S/C13H12BrFN2O2S/c1-8-2-4-10(7-12(8)16)17-20(18,19)13-5-3-9(15)6-11(13)14/h2-7,17H,16H2,1H3. The average Bonchev–Trinajstić information content (AvgIpc) is 2.33. The fraction of sp³-hybridized carbons (Fsp3) is 0.0769. The molecule has 0 amide bonds. The second-order valence-corrected chi connectivity index (χ2v) is 6.76. The number of nitrogen functional groups attached to an aromatic ring is 1. The smallest absolute Gasteiger partial charge is 0.263 e. The van der Waals surface area contributed by atoms with Gasteiger partial charge in [-0.05, 0) is 58.7 Å². The van der Waals surface area contributed by atoms with E-state index < -0.39 is 15.8 Å². The monoisotopic (exact) mass is 358 g/mol. The van der Waals surface area contributed by atoms with Gasteiger partial charge in [-0.1, -0.05) is 6.07 Å². The van der Waals surface area contributed by atoms with Gasteiger partial charge in [0.15, 0.2) is 0 Å². The Balaban J connectivity index is 2.38. The van der Waals surface area contributed by atoms with E-state index in [9.17, 15) is 12.8 Å². The Kier molecular flexibility index (Phi) is 4.01. The molecule has 0 spiro atoms. The van der Waals surface area contributed by atoms with Crippen molar-refractivity contribution in [3.63, 3.8) is 0 Å². The Hall–Kier alpha value is -1.60. The van der Waals surface area contributed by atoms with Crippen LogP contribution in [0.2, 0.25) is 0 Å². The van der Waals surface area contributed by atoms with Gasteiger partial charge < -0.3 is 5.73 Å². The molecule has 0 saturated heterocycles. The van der Waals surface area contributed by atoms with Gasteiger partial charge in [0, 0.05) is 10.2 Å². The average molecular weight is 359 g/mol. The molecule has 0 radical (unpaired) electrons. The number of sulfonamides is 1. The number of nitrogens with one attached hydrogen (secondary N) is 1. The first kappa shape index (κ1) is 14.8. The van der Waals surface area contributed by atoms with E-state index in [1.807, 2.05) is 6.92 Å². The highest BCUT2D eigenvalue weighted by molar-refractivity contribution is 9.10. The van der Waals surface area contributed by atoms with Crippen LogP contribution in [-0.2, 0) is 10.0 Å². The Labute approximate surface area is 125 Å². The summed E-state index contributed by atoms with van der Waals surface area (Å²) in [5.74, 6) is -0.518. The molecule has 2 aromatic rings. The summed E-state index contributed by atoms with van der Waals surface area (Å²) in [6.45, 7) is 1.82. The molecule has 0 heterocycles. The summed E-state index contributed by atoms with van der Waals surface area (Å²) in [6.07, 6.45) is 0. The first-order valence-electron chi connectivity index (χ1n) is 5.63. The maximum absolute atomic E-state index is 13.0. The number of rotatable bonds is 3. The minimum atomic E-state index is -3.81. The number of benzene rings is 2. The highest BCUT2D eigenvalue weighted by atomic mass is 79.9. The molecule has 0 saturated carbocycles. The topological polar surface area (TPSA) is 72.2 Å². The third-order valence-corrected chi connectivity index (χ3v) is 5.07. The summed E-state index contributed by atoms with van der Waals surface area (Å²) in [6, 6.07) is 8.23. The lowest BCUT2D eigenvalue weighted by Gasteiger charge is -2.11. The molecule has 0 aliphatic carbocycles. The summed E-state index contributed by atoms with van der Waals surface area (Å²) in [4.78, 5) is -0.0435. The molecule has 0 aliphatic rings. The largest absolute Gasteiger partial charge is 0.398 e. The van der Waals surface area contributed by atoms with Crippen molar-refractivity contribution in [1.82, 2.24) is 0 Å². The van der Waals surface area contributed by atoms with E-state index in [4.69, 9.17) is 5.73 Å². The molecule has 4 nitrogen and oxygen atoms in total. The van der Waals surface area contributed by atoms with Gasteiger partial charge in [-0.25, -0.2) is 12.8 Å². The van der Waals surface area contributed by atoms with Crippen LogP contribution in [-0.4, -0.2) is 8.42 Å². The van der Waals surface area contributed by atoms with E-state index in [2.05, 4.69) is 20.7 Å². The lowest BCUT2D eigenvalue weighted by atomic mass is 10.2. The van der Waals surface area contributed by atoms with E-state index >= 15 is 0 Å². The second-order valence-electron chi connectivity index (χ2n) is 4.25. The normalized spacial score (nSPS) is 11.3. The van der Waals surface area contributed by atoms with Crippen LogP contribution >= 0.6 is 15.9 Å². The molecule has 3 N–H and O–H groups in total. The Bertz CT molecular complexity index is 763. The SMILES string of the molecule is Cc1ccc(NS(=O)(=O)c2ccc(F)cc2Br)cc1N. The predicted molar refractivity (Wildman–Crippen MR) is 80.5 cm³/mol. The lowest BCUT2D eigenvalue weighted by Crippen LogP contribution is -2.14. The van der Waals surface area contributed by atoms with Crippen LogP contribution in [0.3, 0.4) is 0 Å². The highest BCUT2D eigenvalue weighted by Gasteiger charge is 2.18. The van der Waals surface area contributed by atoms with Crippen LogP contribution in [0.25, 0.3) is 0 Å². The van der Waals surface area contributed by atoms with Gasteiger partial charge in [-0.2, -0.15) is 0 Å². The molecule has 0 aromatic heterocycles. The van der Waals surface area contributed by atoms with Crippen molar-refractivity contribution in [2.24, 2.45) is 0 Å². The van der Waals surface area contributed by atoms with Gasteiger partial charge >= 0.3 is 0 Å². The third-order valence-electron chi connectivity index (χ3n) is 2.71. The van der Waals surface area contributed by atoms with Gasteiger partial charge in [0.2, 0.25) is 0 Å². The molecule has 0 fully saturated rings. The van der Waals surface area contributed by atoms with Gasteiger partial charge in [0.1, 0.15) is 10.7 Å². The van der Waals surface area contributed by atoms with E-state index in [0.717, 1.165) is 17.7 Å². The molecule has 7 heteroatoms. The number of anilines is 2. The predicted octanol–water partition coefficient (Wildman–Crippen LogP) is 3.28. The van der Waals surface area contributed by atoms with Crippen molar-refractivity contribution in [1.29, 1.82) is 0 Å². The molecular weight excluding hydrogens is 347 g/mol. The fourth-order valence-corrected chi connectivity index (χ4v) is 3.71. The van der Waals surface area contributed by atoms with E-state index in [1.165, 1.54) is 12.1 Å². The van der Waals surface area contributed by atoms with Crippen molar-refractivity contribution >= 4 is 37.3 Å². The zero-order valence-electron chi connectivity index (χ0n) is 10.5. The minimum Gasteiger partial charge on any atom is -0.398 e. The summed E-state index contributed by atoms with van der Waals surface area (Å²) < 4.78 is 40.0. The molecule has 20 heavy (non-hydrogen) atoms. The molecular formula is C13H12BrFN2O2S. The quantitative estimate of drug-likeness (QED) is 0.827. The number of halogens is 2. The lowest BCUT2D eigenvalue weighted by molar-refractivity contribution is 0.599. The highest BCUT2D eigenvalue weighted by Crippen LogP contribution is 2.26. The van der Waals surface area contributed by atoms with Crippen LogP contribution in [0.15, 0.2) is 45.8 Å². The minimum absolute atomic E-state index is 0.0435. The summed E-state index contributed by atoms with van der Waals surface area (Å²) >= 11 is 3.04. The van der Waals surface area contributed by atoms with Gasteiger partial charge in [-0.15, -0.1) is 0 Å². The van der Waals surface area contributed by atoms with Crippen molar-refractivity contribution in [3.05, 3.63) is 52.3 Å². The van der Waals surface area contributed by atoms with E-state index in [1.54, 1.807) is 12.1 Å². The molecule has 106 valence electrons. The van der Waals surface area contributed by atoms with Crippen molar-refractivity contribution in [3.8, 4) is 0 Å². The van der Waals surface area contributed by atoms with Crippen molar-refractivity contribution < 1.29 is 12.8 Å². The maximum atomic E-state index is 13.0. The molecule has 0 aliphatic heterocycles. The summed E-state index contributed by atoms with van der Waals surface area (Å²) in [5.41, 5.74) is 7.43. The van der Waals surface area contributed by atoms with Gasteiger partial charge in [0.25, 0.3) is 10.0 Å². The number of hydrogen-bond acceptors (Lipinski definition) is 3. The molecule has 0 atom stereocenters. The van der Waals surface area contributed by atoms with Gasteiger partial charge in [0.05, 0.1) is 5.69 Å². The van der Waals surface area contributed by atoms with Gasteiger partial charge in [-0.3, -0.25) is 4.72 Å². The first-order valence-corrected chi connectivity index (χ1v) is 7.91.